The Morgan fingerprint density at radius 3 is 2.64 bits per heavy atom. The van der Waals surface area contributed by atoms with Gasteiger partial charge >= 0.3 is 0 Å². The van der Waals surface area contributed by atoms with Crippen molar-refractivity contribution in [3.8, 4) is 0 Å². The fraction of sp³-hybridized carbons (Fsp3) is 0.250. The molecule has 3 heteroatoms. The van der Waals surface area contributed by atoms with Crippen LogP contribution in [0.2, 0.25) is 5.02 Å². The van der Waals surface area contributed by atoms with Gasteiger partial charge in [-0.1, -0.05) is 11.6 Å². The zero-order chi connectivity index (χ0) is 8.43. The molecule has 0 aromatic heterocycles. The van der Waals surface area contributed by atoms with E-state index in [1.807, 2.05) is 26.1 Å². The fourth-order valence-electron chi connectivity index (χ4n) is 0.920. The van der Waals surface area contributed by atoms with Crippen molar-refractivity contribution in [1.82, 2.24) is 0 Å². The van der Waals surface area contributed by atoms with Crippen LogP contribution in [0.25, 0.3) is 0 Å². The summed E-state index contributed by atoms with van der Waals surface area (Å²) in [7, 11) is 1.83. The molecule has 11 heavy (non-hydrogen) atoms. The lowest BCUT2D eigenvalue weighted by molar-refractivity contribution is 1.43. The quantitative estimate of drug-likeness (QED) is 0.635. The van der Waals surface area contributed by atoms with E-state index in [4.69, 9.17) is 17.3 Å². The molecule has 0 radical (unpaired) electrons. The summed E-state index contributed by atoms with van der Waals surface area (Å²) in [6.45, 7) is 1.90. The van der Waals surface area contributed by atoms with Gasteiger partial charge in [0.05, 0.1) is 11.4 Å². The van der Waals surface area contributed by atoms with Crippen molar-refractivity contribution in [1.29, 1.82) is 0 Å². The summed E-state index contributed by atoms with van der Waals surface area (Å²) >= 11 is 5.84. The van der Waals surface area contributed by atoms with E-state index >= 15 is 0 Å². The molecule has 0 saturated heterocycles. The average Bonchev–Trinajstić information content (AvgIpc) is 2.01. The SMILES string of the molecule is CNc1ccc(Cl)c(C)c1N. The van der Waals surface area contributed by atoms with Crippen LogP contribution in [0.5, 0.6) is 0 Å². The number of nitrogens with one attached hydrogen (secondary N) is 1. The predicted molar refractivity (Wildman–Crippen MR) is 50.1 cm³/mol. The van der Waals surface area contributed by atoms with Gasteiger partial charge in [0.15, 0.2) is 0 Å². The van der Waals surface area contributed by atoms with E-state index in [0.29, 0.717) is 5.02 Å². The molecular formula is C8H11ClN2. The van der Waals surface area contributed by atoms with Crippen LogP contribution in [0.3, 0.4) is 0 Å². The largest absolute Gasteiger partial charge is 0.397 e. The zero-order valence-corrected chi connectivity index (χ0v) is 7.37. The van der Waals surface area contributed by atoms with Crippen LogP contribution in [-0.4, -0.2) is 7.05 Å². The number of hydrogen-bond acceptors (Lipinski definition) is 2. The van der Waals surface area contributed by atoms with Gasteiger partial charge in [0, 0.05) is 12.1 Å². The number of nitrogens with two attached hydrogens (primary N) is 1. The highest BCUT2D eigenvalue weighted by molar-refractivity contribution is 6.31. The van der Waals surface area contributed by atoms with Crippen LogP contribution in [-0.2, 0) is 0 Å². The summed E-state index contributed by atoms with van der Waals surface area (Å²) < 4.78 is 0. The second-order valence-electron chi connectivity index (χ2n) is 2.38. The first-order valence-corrected chi connectivity index (χ1v) is 3.77. The van der Waals surface area contributed by atoms with Crippen LogP contribution in [0.15, 0.2) is 12.1 Å². The van der Waals surface area contributed by atoms with E-state index in [2.05, 4.69) is 5.32 Å². The first kappa shape index (κ1) is 8.21. The number of rotatable bonds is 1. The van der Waals surface area contributed by atoms with Gasteiger partial charge in [0.1, 0.15) is 0 Å². The maximum absolute atomic E-state index is 5.84. The van der Waals surface area contributed by atoms with E-state index < -0.39 is 0 Å². The first-order valence-electron chi connectivity index (χ1n) is 3.39. The maximum Gasteiger partial charge on any atom is 0.0594 e. The molecule has 0 fully saturated rings. The highest BCUT2D eigenvalue weighted by Gasteiger charge is 2.02. The molecule has 3 N–H and O–H groups in total. The Labute approximate surface area is 71.4 Å². The van der Waals surface area contributed by atoms with Gasteiger partial charge in [-0.25, -0.2) is 0 Å². The van der Waals surface area contributed by atoms with Crippen molar-refractivity contribution in [2.45, 2.75) is 6.92 Å². The van der Waals surface area contributed by atoms with Gasteiger partial charge in [0.2, 0.25) is 0 Å². The van der Waals surface area contributed by atoms with Crippen molar-refractivity contribution in [2.24, 2.45) is 0 Å². The van der Waals surface area contributed by atoms with Crippen LogP contribution in [0.1, 0.15) is 5.56 Å². The molecule has 0 unspecified atom stereocenters. The van der Waals surface area contributed by atoms with Crippen LogP contribution in [0, 0.1) is 6.92 Å². The van der Waals surface area contributed by atoms with Crippen molar-refractivity contribution in [2.75, 3.05) is 18.1 Å². The lowest BCUT2D eigenvalue weighted by Gasteiger charge is -2.08. The molecule has 0 saturated carbocycles. The van der Waals surface area contributed by atoms with E-state index in [9.17, 15) is 0 Å². The Morgan fingerprint density at radius 2 is 2.09 bits per heavy atom. The minimum absolute atomic E-state index is 0.710. The highest BCUT2D eigenvalue weighted by atomic mass is 35.5. The molecule has 0 aliphatic rings. The van der Waals surface area contributed by atoms with Crippen LogP contribution in [0.4, 0.5) is 11.4 Å². The molecule has 0 atom stereocenters. The number of hydrogen-bond donors (Lipinski definition) is 2. The number of anilines is 2. The molecule has 0 aliphatic heterocycles. The molecule has 1 rings (SSSR count). The van der Waals surface area contributed by atoms with Crippen LogP contribution < -0.4 is 11.1 Å². The summed E-state index contributed by atoms with van der Waals surface area (Å²) in [5.41, 5.74) is 8.32. The molecule has 1 aromatic rings. The van der Waals surface area contributed by atoms with Gasteiger partial charge in [-0.3, -0.25) is 0 Å². The van der Waals surface area contributed by atoms with Gasteiger partial charge in [-0.2, -0.15) is 0 Å². The molecule has 0 bridgehead atoms. The van der Waals surface area contributed by atoms with E-state index in [0.717, 1.165) is 16.9 Å². The summed E-state index contributed by atoms with van der Waals surface area (Å²) in [5.74, 6) is 0. The lowest BCUT2D eigenvalue weighted by Crippen LogP contribution is -1.97. The van der Waals surface area contributed by atoms with Crippen molar-refractivity contribution >= 4 is 23.0 Å². The van der Waals surface area contributed by atoms with E-state index in [1.165, 1.54) is 0 Å². The summed E-state index contributed by atoms with van der Waals surface area (Å²) in [4.78, 5) is 0. The van der Waals surface area contributed by atoms with Gasteiger partial charge in [-0.05, 0) is 24.6 Å². The fourth-order valence-corrected chi connectivity index (χ4v) is 1.08. The second kappa shape index (κ2) is 3.01. The van der Waals surface area contributed by atoms with E-state index in [-0.39, 0.29) is 0 Å². The monoisotopic (exact) mass is 170 g/mol. The van der Waals surface area contributed by atoms with Crippen molar-refractivity contribution in [3.05, 3.63) is 22.7 Å². The Balaban J connectivity index is 3.25. The summed E-state index contributed by atoms with van der Waals surface area (Å²) in [5, 5.41) is 3.69. The molecule has 60 valence electrons. The highest BCUT2D eigenvalue weighted by Crippen LogP contribution is 2.27. The second-order valence-corrected chi connectivity index (χ2v) is 2.79. The van der Waals surface area contributed by atoms with E-state index in [1.54, 1.807) is 0 Å². The lowest BCUT2D eigenvalue weighted by atomic mass is 10.2. The minimum atomic E-state index is 0.710. The Kier molecular flexibility index (Phi) is 2.25. The Bertz CT molecular complexity index is 271. The average molecular weight is 171 g/mol. The van der Waals surface area contributed by atoms with Gasteiger partial charge in [0.25, 0.3) is 0 Å². The molecule has 0 amide bonds. The topological polar surface area (TPSA) is 38.0 Å². The molecule has 0 aliphatic carbocycles. The molecular weight excluding hydrogens is 160 g/mol. The van der Waals surface area contributed by atoms with Crippen molar-refractivity contribution < 1.29 is 0 Å². The van der Waals surface area contributed by atoms with Gasteiger partial charge in [-0.15, -0.1) is 0 Å². The third-order valence-electron chi connectivity index (χ3n) is 1.72. The molecule has 1 aromatic carbocycles. The zero-order valence-electron chi connectivity index (χ0n) is 6.61. The Morgan fingerprint density at radius 1 is 1.45 bits per heavy atom. The minimum Gasteiger partial charge on any atom is -0.397 e. The third-order valence-corrected chi connectivity index (χ3v) is 2.13. The van der Waals surface area contributed by atoms with Crippen molar-refractivity contribution in [3.63, 3.8) is 0 Å². The normalized spacial score (nSPS) is 9.73. The standard InChI is InChI=1S/C8H11ClN2/c1-5-6(9)3-4-7(11-2)8(5)10/h3-4,11H,10H2,1-2H3. The number of benzene rings is 1. The smallest absolute Gasteiger partial charge is 0.0594 e. The van der Waals surface area contributed by atoms with Gasteiger partial charge < -0.3 is 11.1 Å². The maximum atomic E-state index is 5.84. The number of nitrogen functional groups attached to an aromatic ring is 1. The summed E-state index contributed by atoms with van der Waals surface area (Å²) in [6, 6.07) is 3.70. The first-order chi connectivity index (χ1) is 5.16. The summed E-state index contributed by atoms with van der Waals surface area (Å²) in [6.07, 6.45) is 0. The number of halogens is 1. The molecule has 0 heterocycles. The van der Waals surface area contributed by atoms with Crippen LogP contribution >= 0.6 is 11.6 Å². The molecule has 2 nitrogen and oxygen atoms in total. The Hall–Kier alpha value is -0.890. The molecule has 0 spiro atoms. The predicted octanol–water partition coefficient (Wildman–Crippen LogP) is 2.27. The third kappa shape index (κ3) is 1.40.